The van der Waals surface area contributed by atoms with Gasteiger partial charge in [-0.25, -0.2) is 4.98 Å². The number of carbonyl (C=O) groups excluding carboxylic acids is 2. The lowest BCUT2D eigenvalue weighted by atomic mass is 9.95. The third-order valence-corrected chi connectivity index (χ3v) is 8.36. The second-order valence-electron chi connectivity index (χ2n) is 10.4. The number of ether oxygens (including phenoxy) is 4. The lowest BCUT2D eigenvalue weighted by Gasteiger charge is -2.24. The summed E-state index contributed by atoms with van der Waals surface area (Å²) < 4.78 is 24.0. The first-order chi connectivity index (χ1) is 21.9. The molecule has 0 bridgehead atoms. The first-order valence-electron chi connectivity index (χ1n) is 15.4. The van der Waals surface area contributed by atoms with Crippen LogP contribution in [0.5, 0.6) is 23.0 Å². The second kappa shape index (κ2) is 14.5. The molecule has 45 heavy (non-hydrogen) atoms. The average Bonchev–Trinajstić information content (AvgIpc) is 3.57. The molecule has 236 valence electrons. The fourth-order valence-corrected chi connectivity index (χ4v) is 6.27. The zero-order chi connectivity index (χ0) is 31.9. The summed E-state index contributed by atoms with van der Waals surface area (Å²) in [4.78, 5) is 33.6. The van der Waals surface area contributed by atoms with Crippen LogP contribution >= 0.6 is 11.3 Å². The van der Waals surface area contributed by atoms with Gasteiger partial charge in [-0.2, -0.15) is 0 Å². The Bertz CT molecular complexity index is 1700. The number of anilines is 1. The van der Waals surface area contributed by atoms with Crippen LogP contribution in [0.15, 0.2) is 66.2 Å². The molecule has 1 unspecified atom stereocenters. The highest BCUT2D eigenvalue weighted by molar-refractivity contribution is 7.22. The highest BCUT2D eigenvalue weighted by Crippen LogP contribution is 2.46. The van der Waals surface area contributed by atoms with Crippen molar-refractivity contribution < 1.29 is 33.6 Å². The highest BCUT2D eigenvalue weighted by Gasteiger charge is 2.48. The molecule has 0 saturated carbocycles. The predicted octanol–water partition coefficient (Wildman–Crippen LogP) is 7.69. The summed E-state index contributed by atoms with van der Waals surface area (Å²) >= 11 is 1.27. The molecule has 4 aromatic rings. The van der Waals surface area contributed by atoms with E-state index < -0.39 is 17.7 Å². The number of rotatable bonds is 14. The van der Waals surface area contributed by atoms with Crippen LogP contribution in [0.3, 0.4) is 0 Å². The van der Waals surface area contributed by atoms with Crippen LogP contribution in [0.2, 0.25) is 0 Å². The molecular formula is C35H38N2O7S. The van der Waals surface area contributed by atoms with E-state index in [-0.39, 0.29) is 11.3 Å². The largest absolute Gasteiger partial charge is 0.507 e. The average molecular weight is 631 g/mol. The Hall–Kier alpha value is -4.57. The normalized spacial score (nSPS) is 15.9. The van der Waals surface area contributed by atoms with E-state index in [9.17, 15) is 14.7 Å². The van der Waals surface area contributed by atoms with E-state index in [1.54, 1.807) is 42.5 Å². The molecule has 2 heterocycles. The standard InChI is InChI=1S/C35H38N2O7S/c1-5-9-10-19-44-27-18-13-23(20-28(27)43-8-4)31-30(32(38)22-11-14-24(15-12-22)41-6-2)33(39)34(40)37(31)35-36-26-17-16-25(42-7-3)21-29(26)45-35/h11-18,20-21,31,38H,5-10,19H2,1-4H3/b32-30+. The monoisotopic (exact) mass is 630 g/mol. The lowest BCUT2D eigenvalue weighted by Crippen LogP contribution is -2.29. The Morgan fingerprint density at radius 2 is 1.53 bits per heavy atom. The summed E-state index contributed by atoms with van der Waals surface area (Å²) in [5.41, 5.74) is 1.57. The molecule has 1 N–H and O–H groups in total. The first-order valence-corrected chi connectivity index (χ1v) is 16.2. The summed E-state index contributed by atoms with van der Waals surface area (Å²) in [6.45, 7) is 9.73. The van der Waals surface area contributed by atoms with Gasteiger partial charge in [0.05, 0.1) is 48.3 Å². The minimum absolute atomic E-state index is 0.0440. The maximum absolute atomic E-state index is 13.8. The van der Waals surface area contributed by atoms with Crippen molar-refractivity contribution in [2.24, 2.45) is 0 Å². The highest BCUT2D eigenvalue weighted by atomic mass is 32.1. The number of hydrogen-bond donors (Lipinski definition) is 1. The molecule has 1 atom stereocenters. The maximum Gasteiger partial charge on any atom is 0.301 e. The van der Waals surface area contributed by atoms with Crippen molar-refractivity contribution in [3.63, 3.8) is 0 Å². The first kappa shape index (κ1) is 31.8. The maximum atomic E-state index is 13.8. The van der Waals surface area contributed by atoms with Crippen LogP contribution in [0, 0.1) is 0 Å². The van der Waals surface area contributed by atoms with E-state index in [1.807, 2.05) is 39.0 Å². The van der Waals surface area contributed by atoms with Gasteiger partial charge in [0.2, 0.25) is 0 Å². The molecule has 0 radical (unpaired) electrons. The molecule has 9 nitrogen and oxygen atoms in total. The summed E-state index contributed by atoms with van der Waals surface area (Å²) in [7, 11) is 0. The molecule has 3 aromatic carbocycles. The smallest absolute Gasteiger partial charge is 0.301 e. The van der Waals surface area contributed by atoms with Crippen molar-refractivity contribution in [1.82, 2.24) is 4.98 Å². The molecular weight excluding hydrogens is 592 g/mol. The molecule has 10 heteroatoms. The van der Waals surface area contributed by atoms with Gasteiger partial charge in [-0.3, -0.25) is 14.5 Å². The van der Waals surface area contributed by atoms with Crippen molar-refractivity contribution in [3.8, 4) is 23.0 Å². The van der Waals surface area contributed by atoms with Crippen LogP contribution in [0.1, 0.15) is 64.1 Å². The Labute approximate surface area is 267 Å². The topological polar surface area (TPSA) is 107 Å². The van der Waals surface area contributed by atoms with E-state index in [0.717, 1.165) is 24.0 Å². The Balaban J connectivity index is 1.64. The lowest BCUT2D eigenvalue weighted by molar-refractivity contribution is -0.132. The van der Waals surface area contributed by atoms with Gasteiger partial charge < -0.3 is 24.1 Å². The zero-order valence-corrected chi connectivity index (χ0v) is 26.8. The molecule has 1 aromatic heterocycles. The molecule has 0 aliphatic carbocycles. The van der Waals surface area contributed by atoms with Gasteiger partial charge in [-0.05, 0) is 87.4 Å². The number of benzene rings is 3. The number of Topliss-reactive ketones (excluding diaryl/α,β-unsaturated/α-hetero) is 1. The summed E-state index contributed by atoms with van der Waals surface area (Å²) in [6, 6.07) is 16.6. The number of thiazole rings is 1. The van der Waals surface area contributed by atoms with Crippen molar-refractivity contribution in [3.05, 3.63) is 77.4 Å². The summed E-state index contributed by atoms with van der Waals surface area (Å²) in [5.74, 6) is 0.495. The number of fused-ring (bicyclic) bond motifs is 1. The minimum Gasteiger partial charge on any atom is -0.507 e. The van der Waals surface area contributed by atoms with Crippen LogP contribution in [-0.2, 0) is 9.59 Å². The Kier molecular flexibility index (Phi) is 10.2. The van der Waals surface area contributed by atoms with E-state index in [2.05, 4.69) is 6.92 Å². The van der Waals surface area contributed by atoms with Crippen molar-refractivity contribution in [2.45, 2.75) is 53.0 Å². The number of ketones is 1. The number of nitrogens with zero attached hydrogens (tertiary/aromatic N) is 2. The number of unbranched alkanes of at least 4 members (excludes halogenated alkanes) is 2. The quantitative estimate of drug-likeness (QED) is 0.0654. The third kappa shape index (κ3) is 6.76. The molecule has 1 amide bonds. The molecule has 1 fully saturated rings. The fraction of sp³-hybridized carbons (Fsp3) is 0.343. The SMILES string of the molecule is CCCCCOc1ccc(C2/C(=C(\O)c3ccc(OCC)cc3)C(=O)C(=O)N2c2nc3ccc(OCC)cc3s2)cc1OCC. The van der Waals surface area contributed by atoms with Crippen LogP contribution in [0.25, 0.3) is 16.0 Å². The Morgan fingerprint density at radius 3 is 2.24 bits per heavy atom. The molecule has 1 saturated heterocycles. The van der Waals surface area contributed by atoms with Crippen LogP contribution in [0.4, 0.5) is 5.13 Å². The van der Waals surface area contributed by atoms with Gasteiger partial charge in [0.1, 0.15) is 17.3 Å². The van der Waals surface area contributed by atoms with Crippen LogP contribution < -0.4 is 23.8 Å². The number of amides is 1. The van der Waals surface area contributed by atoms with E-state index in [1.165, 1.54) is 16.2 Å². The number of aliphatic hydroxyl groups excluding tert-OH is 1. The predicted molar refractivity (Wildman–Crippen MR) is 176 cm³/mol. The van der Waals surface area contributed by atoms with Gasteiger partial charge in [0.25, 0.3) is 5.78 Å². The van der Waals surface area contributed by atoms with Gasteiger partial charge in [0.15, 0.2) is 16.6 Å². The number of hydrogen-bond acceptors (Lipinski definition) is 9. The third-order valence-electron chi connectivity index (χ3n) is 7.34. The van der Waals surface area contributed by atoms with Crippen molar-refractivity contribution >= 4 is 44.1 Å². The second-order valence-corrected chi connectivity index (χ2v) is 11.4. The number of carbonyl (C=O) groups is 2. The zero-order valence-electron chi connectivity index (χ0n) is 26.0. The van der Waals surface area contributed by atoms with Gasteiger partial charge in [0, 0.05) is 5.56 Å². The van der Waals surface area contributed by atoms with Gasteiger partial charge >= 0.3 is 5.91 Å². The number of aromatic nitrogens is 1. The summed E-state index contributed by atoms with van der Waals surface area (Å²) in [5, 5.41) is 11.9. The van der Waals surface area contributed by atoms with Gasteiger partial charge in [-0.1, -0.05) is 37.2 Å². The minimum atomic E-state index is -0.975. The van der Waals surface area contributed by atoms with Crippen molar-refractivity contribution in [1.29, 1.82) is 0 Å². The van der Waals surface area contributed by atoms with Crippen LogP contribution in [-0.4, -0.2) is 48.2 Å². The van der Waals surface area contributed by atoms with E-state index in [0.29, 0.717) is 71.2 Å². The fourth-order valence-electron chi connectivity index (χ4n) is 5.25. The molecule has 5 rings (SSSR count). The molecule has 1 aliphatic rings. The van der Waals surface area contributed by atoms with Gasteiger partial charge in [-0.15, -0.1) is 0 Å². The number of aliphatic hydroxyl groups is 1. The van der Waals surface area contributed by atoms with E-state index >= 15 is 0 Å². The van der Waals surface area contributed by atoms with E-state index in [4.69, 9.17) is 23.9 Å². The molecule has 1 aliphatic heterocycles. The molecule has 0 spiro atoms. The summed E-state index contributed by atoms with van der Waals surface area (Å²) in [6.07, 6.45) is 3.04. The van der Waals surface area contributed by atoms with Crippen molar-refractivity contribution in [2.75, 3.05) is 31.3 Å². The Morgan fingerprint density at radius 1 is 0.822 bits per heavy atom.